The van der Waals surface area contributed by atoms with E-state index in [2.05, 4.69) is 19.2 Å². The number of benzene rings is 1. The smallest absolute Gasteiger partial charge is 0.224 e. The predicted molar refractivity (Wildman–Crippen MR) is 87.5 cm³/mol. The molecule has 2 atom stereocenters. The van der Waals surface area contributed by atoms with E-state index in [0.717, 1.165) is 5.56 Å². The molecule has 114 valence electrons. The average molecular weight is 319 g/mol. The summed E-state index contributed by atoms with van der Waals surface area (Å²) in [6.45, 7) is 8.40. The average Bonchev–Trinajstić information content (AvgIpc) is 2.35. The molecule has 3 N–H and O–H groups in total. The summed E-state index contributed by atoms with van der Waals surface area (Å²) in [5, 5.41) is 3.67. The number of halogens is 2. The minimum atomic E-state index is -0.185. The second-order valence-corrected chi connectivity index (χ2v) is 6.20. The number of nitrogens with two attached hydrogens (primary N) is 1. The maximum absolute atomic E-state index is 11.9. The summed E-state index contributed by atoms with van der Waals surface area (Å²) in [5.74, 6) is -0.194. The third kappa shape index (κ3) is 5.31. The first-order valence-electron chi connectivity index (χ1n) is 6.53. The molecular formula is C15H24Cl2N2O. The molecule has 5 heteroatoms. The molecule has 0 heterocycles. The molecule has 1 aromatic rings. The molecule has 1 rings (SSSR count). The summed E-state index contributed by atoms with van der Waals surface area (Å²) in [6.07, 6.45) is 0. The lowest BCUT2D eigenvalue weighted by Crippen LogP contribution is -2.43. The molecule has 0 spiro atoms. The summed E-state index contributed by atoms with van der Waals surface area (Å²) < 4.78 is 0. The molecule has 0 bridgehead atoms. The zero-order valence-corrected chi connectivity index (χ0v) is 14.0. The minimum Gasteiger partial charge on any atom is -0.355 e. The Morgan fingerprint density at radius 3 is 2.50 bits per heavy atom. The number of hydrogen-bond acceptors (Lipinski definition) is 2. The molecule has 0 fully saturated rings. The van der Waals surface area contributed by atoms with Gasteiger partial charge in [-0.2, -0.15) is 0 Å². The van der Waals surface area contributed by atoms with E-state index >= 15 is 0 Å². The highest BCUT2D eigenvalue weighted by Gasteiger charge is 2.24. The fourth-order valence-electron chi connectivity index (χ4n) is 1.72. The fourth-order valence-corrected chi connectivity index (χ4v) is 1.91. The van der Waals surface area contributed by atoms with Crippen LogP contribution in [0.1, 0.15) is 33.3 Å². The molecule has 0 aliphatic rings. The molecule has 1 amide bonds. The van der Waals surface area contributed by atoms with E-state index < -0.39 is 0 Å². The van der Waals surface area contributed by atoms with Gasteiger partial charge in [-0.1, -0.05) is 44.5 Å². The molecule has 0 saturated heterocycles. The monoisotopic (exact) mass is 318 g/mol. The van der Waals surface area contributed by atoms with Crippen LogP contribution in [0.25, 0.3) is 0 Å². The van der Waals surface area contributed by atoms with Gasteiger partial charge in [-0.05, 0) is 24.6 Å². The lowest BCUT2D eigenvalue weighted by Gasteiger charge is -2.27. The molecule has 0 aromatic heterocycles. The Labute approximate surface area is 132 Å². The van der Waals surface area contributed by atoms with Crippen LogP contribution in [0.3, 0.4) is 0 Å². The molecule has 0 aliphatic heterocycles. The normalized spacial score (nSPS) is 14.1. The van der Waals surface area contributed by atoms with Crippen molar-refractivity contribution in [2.75, 3.05) is 6.54 Å². The van der Waals surface area contributed by atoms with E-state index in [-0.39, 0.29) is 35.7 Å². The van der Waals surface area contributed by atoms with Crippen molar-refractivity contribution in [3.05, 3.63) is 34.9 Å². The van der Waals surface area contributed by atoms with Crippen LogP contribution in [-0.2, 0) is 10.2 Å². The van der Waals surface area contributed by atoms with Crippen LogP contribution < -0.4 is 11.1 Å². The van der Waals surface area contributed by atoms with Crippen LogP contribution >= 0.6 is 24.0 Å². The SMILES string of the molecule is CC(N)C(C)C(=O)NCC(C)(C)c1cccc(Cl)c1.Cl. The quantitative estimate of drug-likeness (QED) is 0.876. The van der Waals surface area contributed by atoms with Crippen molar-refractivity contribution in [2.45, 2.75) is 39.2 Å². The van der Waals surface area contributed by atoms with E-state index in [1.165, 1.54) is 0 Å². The zero-order chi connectivity index (χ0) is 14.6. The van der Waals surface area contributed by atoms with Gasteiger partial charge in [-0.15, -0.1) is 12.4 Å². The van der Waals surface area contributed by atoms with Gasteiger partial charge in [-0.3, -0.25) is 4.79 Å². The zero-order valence-electron chi connectivity index (χ0n) is 12.4. The van der Waals surface area contributed by atoms with Crippen molar-refractivity contribution in [3.63, 3.8) is 0 Å². The van der Waals surface area contributed by atoms with E-state index in [4.69, 9.17) is 17.3 Å². The van der Waals surface area contributed by atoms with Gasteiger partial charge in [0.05, 0.1) is 0 Å². The molecule has 2 unspecified atom stereocenters. The molecule has 1 aromatic carbocycles. The van der Waals surface area contributed by atoms with E-state index in [1.807, 2.05) is 38.1 Å². The van der Waals surface area contributed by atoms with Gasteiger partial charge in [-0.25, -0.2) is 0 Å². The van der Waals surface area contributed by atoms with Gasteiger partial charge in [0.1, 0.15) is 0 Å². The van der Waals surface area contributed by atoms with Crippen molar-refractivity contribution in [1.82, 2.24) is 5.32 Å². The molecule has 3 nitrogen and oxygen atoms in total. The lowest BCUT2D eigenvalue weighted by molar-refractivity contribution is -0.125. The Morgan fingerprint density at radius 1 is 1.40 bits per heavy atom. The first-order chi connectivity index (χ1) is 8.74. The maximum atomic E-state index is 11.9. The van der Waals surface area contributed by atoms with Crippen LogP contribution in [0.15, 0.2) is 24.3 Å². The highest BCUT2D eigenvalue weighted by atomic mass is 35.5. The minimum absolute atomic E-state index is 0. The van der Waals surface area contributed by atoms with Crippen molar-refractivity contribution in [3.8, 4) is 0 Å². The number of hydrogen-bond donors (Lipinski definition) is 2. The van der Waals surface area contributed by atoms with Gasteiger partial charge in [0.15, 0.2) is 0 Å². The summed E-state index contributed by atoms with van der Waals surface area (Å²) in [6, 6.07) is 7.58. The predicted octanol–water partition coefficient (Wildman–Crippen LogP) is 3.14. The van der Waals surface area contributed by atoms with Crippen molar-refractivity contribution in [1.29, 1.82) is 0 Å². The number of rotatable bonds is 5. The number of carbonyl (C=O) groups is 1. The second kappa shape index (κ2) is 7.87. The van der Waals surface area contributed by atoms with Gasteiger partial charge in [0, 0.05) is 28.9 Å². The third-order valence-corrected chi connectivity index (χ3v) is 3.75. The molecule has 0 radical (unpaired) electrons. The van der Waals surface area contributed by atoms with Gasteiger partial charge in [0.2, 0.25) is 5.91 Å². The standard InChI is InChI=1S/C15H23ClN2O.ClH/c1-10(11(2)17)14(19)18-9-15(3,4)12-6-5-7-13(16)8-12;/h5-8,10-11H,9,17H2,1-4H3,(H,18,19);1H. The first kappa shape index (κ1) is 19.2. The molecule has 0 aliphatic carbocycles. The topological polar surface area (TPSA) is 55.1 Å². The van der Waals surface area contributed by atoms with Gasteiger partial charge < -0.3 is 11.1 Å². The van der Waals surface area contributed by atoms with Crippen LogP contribution in [0.4, 0.5) is 0 Å². The highest BCUT2D eigenvalue weighted by Crippen LogP contribution is 2.24. The Bertz CT molecular complexity index is 447. The Morgan fingerprint density at radius 2 is 2.00 bits per heavy atom. The van der Waals surface area contributed by atoms with Crippen molar-refractivity contribution >= 4 is 29.9 Å². The Balaban J connectivity index is 0.00000361. The van der Waals surface area contributed by atoms with E-state index in [9.17, 15) is 4.79 Å². The first-order valence-corrected chi connectivity index (χ1v) is 6.91. The molecule has 0 saturated carbocycles. The number of carbonyl (C=O) groups excluding carboxylic acids is 1. The van der Waals surface area contributed by atoms with Crippen molar-refractivity contribution < 1.29 is 4.79 Å². The van der Waals surface area contributed by atoms with Gasteiger partial charge in [0.25, 0.3) is 0 Å². The summed E-state index contributed by atoms with van der Waals surface area (Å²) in [7, 11) is 0. The molecular weight excluding hydrogens is 295 g/mol. The van der Waals surface area contributed by atoms with Crippen LogP contribution in [0.5, 0.6) is 0 Å². The largest absolute Gasteiger partial charge is 0.355 e. The number of amides is 1. The summed E-state index contributed by atoms with van der Waals surface area (Å²) in [4.78, 5) is 11.9. The lowest BCUT2D eigenvalue weighted by atomic mass is 9.84. The summed E-state index contributed by atoms with van der Waals surface area (Å²) >= 11 is 6.00. The van der Waals surface area contributed by atoms with Crippen LogP contribution in [0.2, 0.25) is 5.02 Å². The Hall–Kier alpha value is -0.770. The fraction of sp³-hybridized carbons (Fsp3) is 0.533. The Kier molecular flexibility index (Phi) is 7.56. The number of nitrogens with one attached hydrogen (secondary N) is 1. The van der Waals surface area contributed by atoms with E-state index in [1.54, 1.807) is 0 Å². The maximum Gasteiger partial charge on any atom is 0.224 e. The second-order valence-electron chi connectivity index (χ2n) is 5.76. The van der Waals surface area contributed by atoms with Crippen LogP contribution in [-0.4, -0.2) is 18.5 Å². The van der Waals surface area contributed by atoms with E-state index in [0.29, 0.717) is 11.6 Å². The van der Waals surface area contributed by atoms with Gasteiger partial charge >= 0.3 is 0 Å². The molecule has 20 heavy (non-hydrogen) atoms. The third-order valence-electron chi connectivity index (χ3n) is 3.51. The van der Waals surface area contributed by atoms with Crippen LogP contribution in [0, 0.1) is 5.92 Å². The summed E-state index contributed by atoms with van der Waals surface area (Å²) in [5.41, 5.74) is 6.67. The highest BCUT2D eigenvalue weighted by molar-refractivity contribution is 6.30. The van der Waals surface area contributed by atoms with Crippen molar-refractivity contribution in [2.24, 2.45) is 11.7 Å².